The van der Waals surface area contributed by atoms with Gasteiger partial charge in [0.2, 0.25) is 5.91 Å². The summed E-state index contributed by atoms with van der Waals surface area (Å²) in [6, 6.07) is 12.1. The van der Waals surface area contributed by atoms with Crippen LogP contribution >= 0.6 is 0 Å². The van der Waals surface area contributed by atoms with E-state index in [9.17, 15) is 9.59 Å². The van der Waals surface area contributed by atoms with Gasteiger partial charge in [0.15, 0.2) is 5.69 Å². The average molecular weight is 425 g/mol. The van der Waals surface area contributed by atoms with Gasteiger partial charge < -0.3 is 24.8 Å². The summed E-state index contributed by atoms with van der Waals surface area (Å²) in [5.41, 5.74) is 1.55. The lowest BCUT2D eigenvalue weighted by Gasteiger charge is -2.12. The highest BCUT2D eigenvalue weighted by atomic mass is 16.5. The minimum Gasteiger partial charge on any atom is -0.497 e. The van der Waals surface area contributed by atoms with E-state index in [1.54, 1.807) is 56.5 Å². The lowest BCUT2D eigenvalue weighted by molar-refractivity contribution is -0.117. The SMILES string of the molecule is COc1ccc(NC(=O)Cn2nnc(C(=O)Nc3ccccc3OC)c2C)c(OC)c1. The number of benzene rings is 2. The van der Waals surface area contributed by atoms with Gasteiger partial charge in [0.1, 0.15) is 23.8 Å². The number of carbonyl (C=O) groups excluding carboxylic acids is 2. The van der Waals surface area contributed by atoms with Gasteiger partial charge in [0, 0.05) is 6.07 Å². The summed E-state index contributed by atoms with van der Waals surface area (Å²) in [6.07, 6.45) is 0. The molecule has 0 unspecified atom stereocenters. The number of nitrogens with zero attached hydrogens (tertiary/aromatic N) is 3. The first-order valence-electron chi connectivity index (χ1n) is 9.33. The van der Waals surface area contributed by atoms with E-state index in [0.29, 0.717) is 34.3 Å². The Bertz CT molecular complexity index is 1100. The van der Waals surface area contributed by atoms with Crippen LogP contribution in [0.3, 0.4) is 0 Å². The normalized spacial score (nSPS) is 10.3. The third-order valence-corrected chi connectivity index (χ3v) is 4.53. The first kappa shape index (κ1) is 21.6. The summed E-state index contributed by atoms with van der Waals surface area (Å²) in [6.45, 7) is 1.54. The molecule has 0 bridgehead atoms. The number of carbonyl (C=O) groups is 2. The number of nitrogens with one attached hydrogen (secondary N) is 2. The Hall–Kier alpha value is -4.08. The molecular weight excluding hydrogens is 402 g/mol. The highest BCUT2D eigenvalue weighted by Crippen LogP contribution is 2.29. The predicted molar refractivity (Wildman–Crippen MR) is 114 cm³/mol. The monoisotopic (exact) mass is 425 g/mol. The van der Waals surface area contributed by atoms with Gasteiger partial charge in [0.25, 0.3) is 5.91 Å². The molecule has 0 spiro atoms. The number of rotatable bonds is 8. The second kappa shape index (κ2) is 9.61. The van der Waals surface area contributed by atoms with Gasteiger partial charge in [-0.05, 0) is 31.2 Å². The Morgan fingerprint density at radius 3 is 2.35 bits per heavy atom. The zero-order chi connectivity index (χ0) is 22.4. The highest BCUT2D eigenvalue weighted by molar-refractivity contribution is 6.04. The topological polar surface area (TPSA) is 117 Å². The third kappa shape index (κ3) is 4.92. The molecule has 2 amide bonds. The molecule has 10 nitrogen and oxygen atoms in total. The number of ether oxygens (including phenoxy) is 3. The number of para-hydroxylation sites is 2. The Labute approximate surface area is 179 Å². The van der Waals surface area contributed by atoms with Crippen molar-refractivity contribution in [2.45, 2.75) is 13.5 Å². The molecule has 3 aromatic rings. The van der Waals surface area contributed by atoms with Crippen LogP contribution in [0.15, 0.2) is 42.5 Å². The van der Waals surface area contributed by atoms with Crippen LogP contribution in [0.1, 0.15) is 16.2 Å². The fraction of sp³-hybridized carbons (Fsp3) is 0.238. The fourth-order valence-corrected chi connectivity index (χ4v) is 2.88. The first-order chi connectivity index (χ1) is 15.0. The Kier molecular flexibility index (Phi) is 6.71. The van der Waals surface area contributed by atoms with Gasteiger partial charge in [-0.25, -0.2) is 4.68 Å². The molecule has 31 heavy (non-hydrogen) atoms. The molecule has 1 aromatic heterocycles. The lowest BCUT2D eigenvalue weighted by Crippen LogP contribution is -2.21. The lowest BCUT2D eigenvalue weighted by atomic mass is 10.2. The Morgan fingerprint density at radius 2 is 1.65 bits per heavy atom. The van der Waals surface area contributed by atoms with Gasteiger partial charge in [-0.15, -0.1) is 5.10 Å². The maximum atomic E-state index is 12.6. The van der Waals surface area contributed by atoms with Crippen LogP contribution in [0.5, 0.6) is 17.2 Å². The number of hydrogen-bond donors (Lipinski definition) is 2. The van der Waals surface area contributed by atoms with Crippen molar-refractivity contribution in [1.82, 2.24) is 15.0 Å². The second-order valence-electron chi connectivity index (χ2n) is 6.45. The molecule has 0 radical (unpaired) electrons. The average Bonchev–Trinajstić information content (AvgIpc) is 3.14. The summed E-state index contributed by atoms with van der Waals surface area (Å²) in [5.74, 6) is 0.778. The van der Waals surface area contributed by atoms with E-state index in [-0.39, 0.29) is 18.1 Å². The quantitative estimate of drug-likeness (QED) is 0.569. The van der Waals surface area contributed by atoms with Crippen LogP contribution in [0.2, 0.25) is 0 Å². The molecule has 3 rings (SSSR count). The van der Waals surface area contributed by atoms with Crippen LogP contribution in [0.25, 0.3) is 0 Å². The largest absolute Gasteiger partial charge is 0.497 e. The van der Waals surface area contributed by atoms with Crippen molar-refractivity contribution in [2.24, 2.45) is 0 Å². The van der Waals surface area contributed by atoms with E-state index < -0.39 is 5.91 Å². The van der Waals surface area contributed by atoms with Gasteiger partial charge in [-0.3, -0.25) is 9.59 Å². The maximum Gasteiger partial charge on any atom is 0.278 e. The molecule has 0 aliphatic carbocycles. The molecular formula is C21H23N5O5. The van der Waals surface area contributed by atoms with E-state index in [4.69, 9.17) is 14.2 Å². The molecule has 2 N–H and O–H groups in total. The van der Waals surface area contributed by atoms with Gasteiger partial charge in [0.05, 0.1) is 38.4 Å². The fourth-order valence-electron chi connectivity index (χ4n) is 2.88. The van der Waals surface area contributed by atoms with Crippen LogP contribution < -0.4 is 24.8 Å². The Balaban J connectivity index is 1.70. The third-order valence-electron chi connectivity index (χ3n) is 4.53. The number of aromatic nitrogens is 3. The van der Waals surface area contributed by atoms with Crippen molar-refractivity contribution < 1.29 is 23.8 Å². The highest BCUT2D eigenvalue weighted by Gasteiger charge is 2.19. The van der Waals surface area contributed by atoms with E-state index in [0.717, 1.165) is 0 Å². The van der Waals surface area contributed by atoms with Crippen LogP contribution in [-0.4, -0.2) is 48.1 Å². The molecule has 0 saturated carbocycles. The number of hydrogen-bond acceptors (Lipinski definition) is 7. The van der Waals surface area contributed by atoms with Crippen molar-refractivity contribution in [3.8, 4) is 17.2 Å². The van der Waals surface area contributed by atoms with E-state index >= 15 is 0 Å². The maximum absolute atomic E-state index is 12.6. The number of anilines is 2. The van der Waals surface area contributed by atoms with Crippen molar-refractivity contribution in [3.63, 3.8) is 0 Å². The molecule has 2 aromatic carbocycles. The number of methoxy groups -OCH3 is 3. The molecule has 0 atom stereocenters. The summed E-state index contributed by atoms with van der Waals surface area (Å²) in [4.78, 5) is 25.1. The van der Waals surface area contributed by atoms with Crippen molar-refractivity contribution in [1.29, 1.82) is 0 Å². The van der Waals surface area contributed by atoms with E-state index in [1.165, 1.54) is 18.9 Å². The van der Waals surface area contributed by atoms with E-state index in [1.807, 2.05) is 0 Å². The molecule has 162 valence electrons. The second-order valence-corrected chi connectivity index (χ2v) is 6.45. The smallest absolute Gasteiger partial charge is 0.278 e. The summed E-state index contributed by atoms with van der Waals surface area (Å²) in [5, 5.41) is 13.4. The molecule has 0 saturated heterocycles. The number of amides is 2. The van der Waals surface area contributed by atoms with Crippen LogP contribution in [-0.2, 0) is 11.3 Å². The van der Waals surface area contributed by atoms with Gasteiger partial charge in [-0.1, -0.05) is 17.3 Å². The minimum atomic E-state index is -0.453. The van der Waals surface area contributed by atoms with E-state index in [2.05, 4.69) is 20.9 Å². The zero-order valence-corrected chi connectivity index (χ0v) is 17.6. The van der Waals surface area contributed by atoms with Crippen molar-refractivity contribution >= 4 is 23.2 Å². The van der Waals surface area contributed by atoms with Crippen molar-refractivity contribution in [2.75, 3.05) is 32.0 Å². The zero-order valence-electron chi connectivity index (χ0n) is 17.6. The van der Waals surface area contributed by atoms with Gasteiger partial charge >= 0.3 is 0 Å². The first-order valence-corrected chi connectivity index (χ1v) is 9.33. The molecule has 0 aliphatic heterocycles. The Morgan fingerprint density at radius 1 is 0.935 bits per heavy atom. The van der Waals surface area contributed by atoms with Crippen molar-refractivity contribution in [3.05, 3.63) is 53.9 Å². The van der Waals surface area contributed by atoms with Crippen LogP contribution in [0, 0.1) is 6.92 Å². The predicted octanol–water partition coefficient (Wildman–Crippen LogP) is 2.50. The molecule has 1 heterocycles. The molecule has 0 fully saturated rings. The summed E-state index contributed by atoms with van der Waals surface area (Å²) in [7, 11) is 4.56. The summed E-state index contributed by atoms with van der Waals surface area (Å²) < 4.78 is 17.0. The summed E-state index contributed by atoms with van der Waals surface area (Å²) >= 11 is 0. The standard InChI is InChI=1S/C21H23N5O5/c1-13-20(21(28)23-15-7-5-6-8-17(15)30-3)24-25-26(13)12-19(27)22-16-10-9-14(29-2)11-18(16)31-4/h5-11H,12H2,1-4H3,(H,22,27)(H,23,28). The minimum absolute atomic E-state index is 0.112. The van der Waals surface area contributed by atoms with Crippen LogP contribution in [0.4, 0.5) is 11.4 Å². The molecule has 10 heteroatoms. The van der Waals surface area contributed by atoms with Gasteiger partial charge in [-0.2, -0.15) is 0 Å². The molecule has 0 aliphatic rings.